The number of aryl methyl sites for hydroxylation is 2. The lowest BCUT2D eigenvalue weighted by Crippen LogP contribution is -2.18. The van der Waals surface area contributed by atoms with E-state index in [2.05, 4.69) is 25.3 Å². The minimum absolute atomic E-state index is 0.210. The third kappa shape index (κ3) is 6.26. The number of pyridine rings is 1. The van der Waals surface area contributed by atoms with Gasteiger partial charge in [0.05, 0.1) is 36.6 Å². The highest BCUT2D eigenvalue weighted by molar-refractivity contribution is 7.92. The van der Waals surface area contributed by atoms with Crippen LogP contribution in [0.2, 0.25) is 0 Å². The summed E-state index contributed by atoms with van der Waals surface area (Å²) in [6.45, 7) is 9.82. The van der Waals surface area contributed by atoms with Crippen LogP contribution in [0, 0.1) is 13.8 Å². The van der Waals surface area contributed by atoms with Gasteiger partial charge in [-0.1, -0.05) is 32.1 Å². The molecule has 2 heterocycles. The largest absolute Gasteiger partial charge is 0.492 e. The maximum atomic E-state index is 13.4. The van der Waals surface area contributed by atoms with Crippen molar-refractivity contribution >= 4 is 27.3 Å². The highest BCUT2D eigenvalue weighted by atomic mass is 32.2. The number of nitrogens with zero attached hydrogens (tertiary/aromatic N) is 4. The average molecular weight is 549 g/mol. The Hall–Kier alpha value is -4.25. The number of nitrogens with one attached hydrogen (secondary N) is 2. The summed E-state index contributed by atoms with van der Waals surface area (Å²) in [5.74, 6) is -0.184. The van der Waals surface area contributed by atoms with Gasteiger partial charge in [-0.15, -0.1) is 5.10 Å². The summed E-state index contributed by atoms with van der Waals surface area (Å²) in [5.41, 5.74) is 5.44. The molecule has 0 saturated heterocycles. The SMILES string of the molecule is COc1c(NC(=O)c2ccc(C)c(-n3cc(-c4cccnc4C)nn3)c2)cc(C(C)(C)C)cc1NS(C)(=O)=O. The van der Waals surface area contributed by atoms with Crippen LogP contribution in [-0.4, -0.2) is 47.7 Å². The summed E-state index contributed by atoms with van der Waals surface area (Å²) in [6, 6.07) is 12.6. The maximum absolute atomic E-state index is 13.4. The van der Waals surface area contributed by atoms with Gasteiger partial charge in [-0.05, 0) is 66.8 Å². The first-order valence-electron chi connectivity index (χ1n) is 12.2. The summed E-state index contributed by atoms with van der Waals surface area (Å²) < 4.78 is 33.7. The quantitative estimate of drug-likeness (QED) is 0.337. The fourth-order valence-electron chi connectivity index (χ4n) is 4.10. The molecule has 0 aliphatic heterocycles. The van der Waals surface area contributed by atoms with Gasteiger partial charge in [0.25, 0.3) is 5.91 Å². The Kier molecular flexibility index (Phi) is 7.47. The zero-order chi connectivity index (χ0) is 28.5. The van der Waals surface area contributed by atoms with Gasteiger partial charge in [-0.25, -0.2) is 13.1 Å². The molecule has 0 aliphatic carbocycles. The summed E-state index contributed by atoms with van der Waals surface area (Å²) in [4.78, 5) is 17.8. The second-order valence-electron chi connectivity index (χ2n) is 10.4. The predicted molar refractivity (Wildman–Crippen MR) is 152 cm³/mol. The van der Waals surface area contributed by atoms with Gasteiger partial charge in [0.2, 0.25) is 10.0 Å². The molecule has 10 nitrogen and oxygen atoms in total. The van der Waals surface area contributed by atoms with Crippen LogP contribution in [0.15, 0.2) is 54.9 Å². The lowest BCUT2D eigenvalue weighted by Gasteiger charge is -2.24. The number of ether oxygens (including phenoxy) is 1. The van der Waals surface area contributed by atoms with Crippen molar-refractivity contribution in [3.05, 3.63) is 77.2 Å². The molecular formula is C28H32N6O4S. The van der Waals surface area contributed by atoms with Crippen LogP contribution in [-0.2, 0) is 15.4 Å². The first-order valence-corrected chi connectivity index (χ1v) is 14.1. The fraction of sp³-hybridized carbons (Fsp3) is 0.286. The zero-order valence-electron chi connectivity index (χ0n) is 23.0. The van der Waals surface area contributed by atoms with Crippen molar-refractivity contribution in [3.8, 4) is 22.7 Å². The number of carbonyl (C=O) groups is 1. The van der Waals surface area contributed by atoms with E-state index in [0.717, 1.165) is 28.6 Å². The van der Waals surface area contributed by atoms with E-state index in [-0.39, 0.29) is 16.9 Å². The minimum atomic E-state index is -3.59. The third-order valence-electron chi connectivity index (χ3n) is 6.20. The second kappa shape index (κ2) is 10.5. The van der Waals surface area contributed by atoms with E-state index in [4.69, 9.17) is 4.74 Å². The highest BCUT2D eigenvalue weighted by Crippen LogP contribution is 2.39. The van der Waals surface area contributed by atoms with Crippen LogP contribution in [0.4, 0.5) is 11.4 Å². The van der Waals surface area contributed by atoms with E-state index >= 15 is 0 Å². The molecule has 0 saturated carbocycles. The first kappa shape index (κ1) is 27.8. The molecular weight excluding hydrogens is 516 g/mol. The van der Waals surface area contributed by atoms with E-state index in [1.807, 2.05) is 52.8 Å². The number of amides is 1. The number of hydrogen-bond acceptors (Lipinski definition) is 7. The normalized spacial score (nSPS) is 11.8. The fourth-order valence-corrected chi connectivity index (χ4v) is 4.65. The van der Waals surface area contributed by atoms with Crippen molar-refractivity contribution in [2.45, 2.75) is 40.0 Å². The predicted octanol–water partition coefficient (Wildman–Crippen LogP) is 4.88. The molecule has 204 valence electrons. The molecule has 0 radical (unpaired) electrons. The number of benzene rings is 2. The molecule has 4 aromatic rings. The molecule has 0 aliphatic rings. The van der Waals surface area contributed by atoms with Gasteiger partial charge in [-0.3, -0.25) is 14.5 Å². The van der Waals surface area contributed by atoms with E-state index in [1.165, 1.54) is 7.11 Å². The molecule has 0 bridgehead atoms. The zero-order valence-corrected chi connectivity index (χ0v) is 23.8. The number of sulfonamides is 1. The Labute approximate surface area is 228 Å². The second-order valence-corrected chi connectivity index (χ2v) is 12.1. The molecule has 0 unspecified atom stereocenters. The van der Waals surface area contributed by atoms with E-state index < -0.39 is 15.9 Å². The molecule has 0 fully saturated rings. The Morgan fingerprint density at radius 1 is 1.05 bits per heavy atom. The van der Waals surface area contributed by atoms with Gasteiger partial charge >= 0.3 is 0 Å². The maximum Gasteiger partial charge on any atom is 0.255 e. The molecule has 11 heteroatoms. The summed E-state index contributed by atoms with van der Waals surface area (Å²) in [7, 11) is -2.17. The van der Waals surface area contributed by atoms with Gasteiger partial charge < -0.3 is 10.1 Å². The van der Waals surface area contributed by atoms with Crippen LogP contribution >= 0.6 is 0 Å². The van der Waals surface area contributed by atoms with Crippen LogP contribution in [0.5, 0.6) is 5.75 Å². The number of anilines is 2. The number of hydrogen-bond donors (Lipinski definition) is 2. The van der Waals surface area contributed by atoms with E-state index in [9.17, 15) is 13.2 Å². The van der Waals surface area contributed by atoms with Crippen LogP contribution in [0.1, 0.15) is 48.0 Å². The van der Waals surface area contributed by atoms with Crippen LogP contribution in [0.25, 0.3) is 16.9 Å². The lowest BCUT2D eigenvalue weighted by molar-refractivity contribution is 0.102. The monoisotopic (exact) mass is 548 g/mol. The molecule has 39 heavy (non-hydrogen) atoms. The van der Waals surface area contributed by atoms with Gasteiger partial charge in [-0.2, -0.15) is 0 Å². The number of carbonyl (C=O) groups excluding carboxylic acids is 1. The van der Waals surface area contributed by atoms with Gasteiger partial charge in [0.1, 0.15) is 5.69 Å². The first-order chi connectivity index (χ1) is 18.3. The smallest absolute Gasteiger partial charge is 0.255 e. The molecule has 2 aromatic heterocycles. The Balaban J connectivity index is 1.71. The topological polar surface area (TPSA) is 128 Å². The minimum Gasteiger partial charge on any atom is -0.492 e. The number of aromatic nitrogens is 4. The molecule has 4 rings (SSSR count). The molecule has 1 amide bonds. The van der Waals surface area contributed by atoms with Crippen molar-refractivity contribution in [3.63, 3.8) is 0 Å². The summed E-state index contributed by atoms with van der Waals surface area (Å²) >= 11 is 0. The Morgan fingerprint density at radius 3 is 2.41 bits per heavy atom. The molecule has 0 atom stereocenters. The van der Waals surface area contributed by atoms with Gasteiger partial charge in [0, 0.05) is 23.0 Å². The van der Waals surface area contributed by atoms with Crippen molar-refractivity contribution in [2.24, 2.45) is 0 Å². The van der Waals surface area contributed by atoms with Crippen LogP contribution in [0.3, 0.4) is 0 Å². The molecule has 2 aromatic carbocycles. The molecule has 0 spiro atoms. The Bertz CT molecular complexity index is 1660. The van der Waals surface area contributed by atoms with Crippen molar-refractivity contribution in [1.29, 1.82) is 0 Å². The summed E-state index contributed by atoms with van der Waals surface area (Å²) in [5, 5.41) is 11.5. The standard InChI is InChI=1S/C28H32N6O4S/c1-17-10-11-19(13-25(17)34-16-24(31-33-34)21-9-8-12-29-18(21)2)27(35)30-22-14-20(28(3,4)5)15-23(26(22)38-6)32-39(7,36)37/h8-16,32H,1-7H3,(H,30,35). The van der Waals surface area contributed by atoms with Crippen molar-refractivity contribution in [1.82, 2.24) is 20.0 Å². The number of rotatable bonds is 7. The third-order valence-corrected chi connectivity index (χ3v) is 6.79. The summed E-state index contributed by atoms with van der Waals surface area (Å²) in [6.07, 6.45) is 4.59. The van der Waals surface area contributed by atoms with Crippen LogP contribution < -0.4 is 14.8 Å². The van der Waals surface area contributed by atoms with Gasteiger partial charge in [0.15, 0.2) is 5.75 Å². The highest BCUT2D eigenvalue weighted by Gasteiger charge is 2.23. The molecule has 2 N–H and O–H groups in total. The van der Waals surface area contributed by atoms with E-state index in [1.54, 1.807) is 41.3 Å². The van der Waals surface area contributed by atoms with E-state index in [0.29, 0.717) is 22.6 Å². The lowest BCUT2D eigenvalue weighted by atomic mass is 9.86. The Morgan fingerprint density at radius 2 is 1.77 bits per heavy atom. The average Bonchev–Trinajstić information content (AvgIpc) is 3.32. The van der Waals surface area contributed by atoms with Crippen molar-refractivity contribution in [2.75, 3.05) is 23.4 Å². The van der Waals surface area contributed by atoms with Crippen molar-refractivity contribution < 1.29 is 17.9 Å². The number of methoxy groups -OCH3 is 1.